The predicted molar refractivity (Wildman–Crippen MR) is 114 cm³/mol. The number of carbonyl (C=O) groups is 1. The van der Waals surface area contributed by atoms with E-state index in [1.54, 1.807) is 6.08 Å². The number of nitrogens with one attached hydrogen (secondary N) is 1. The summed E-state index contributed by atoms with van der Waals surface area (Å²) < 4.78 is 13.2. The number of hydrogen-bond acceptors (Lipinski definition) is 6. The highest BCUT2D eigenvalue weighted by atomic mass is 79.9. The summed E-state index contributed by atoms with van der Waals surface area (Å²) in [6.07, 6.45) is 1.73. The maximum absolute atomic E-state index is 12.3. The van der Waals surface area contributed by atoms with Crippen molar-refractivity contribution in [1.82, 2.24) is 5.32 Å². The Morgan fingerprint density at radius 2 is 1.93 bits per heavy atom. The molecule has 0 atom stereocenters. The fourth-order valence-electron chi connectivity index (χ4n) is 2.67. The fourth-order valence-corrected chi connectivity index (χ4v) is 4.32. The zero-order chi connectivity index (χ0) is 18.8. The molecule has 2 aliphatic rings. The minimum absolute atomic E-state index is 0.184. The van der Waals surface area contributed by atoms with Gasteiger partial charge >= 0.3 is 0 Å². The number of carbonyl (C=O) groups excluding carboxylic acids is 1. The molecule has 2 fully saturated rings. The number of nitrogens with zero attached hydrogens (tertiary/aromatic N) is 2. The number of aliphatic imine (C=N–C) groups is 1. The molecule has 0 unspecified atom stereocenters. The second-order valence-electron chi connectivity index (χ2n) is 5.86. The van der Waals surface area contributed by atoms with Gasteiger partial charge in [0.15, 0.2) is 5.17 Å². The standard InChI is InChI=1S/C18H15Br2N3O3S/c19-11-1-3-12(4-2-11)21-18-22-16(24)15(27-18)10-13-9-14(20)17(26-13)23-5-7-25-8-6-23/h1-4,9-10H,5-8H2,(H,21,22,24)/b15-10-. The summed E-state index contributed by atoms with van der Waals surface area (Å²) in [6, 6.07) is 9.44. The number of ether oxygens (including phenoxy) is 1. The van der Waals surface area contributed by atoms with Crippen LogP contribution in [0, 0.1) is 0 Å². The lowest BCUT2D eigenvalue weighted by molar-refractivity contribution is -0.115. The van der Waals surface area contributed by atoms with Crippen molar-refractivity contribution in [2.45, 2.75) is 0 Å². The minimum atomic E-state index is -0.184. The van der Waals surface area contributed by atoms with Crippen molar-refractivity contribution in [3.8, 4) is 0 Å². The molecule has 2 aliphatic heterocycles. The third-order valence-corrected chi connectivity index (χ3v) is 5.97. The van der Waals surface area contributed by atoms with E-state index in [4.69, 9.17) is 9.15 Å². The lowest BCUT2D eigenvalue weighted by Gasteiger charge is -2.26. The Kier molecular flexibility index (Phi) is 5.72. The van der Waals surface area contributed by atoms with Gasteiger partial charge in [0.05, 0.1) is 28.3 Å². The number of amides is 1. The number of furan rings is 1. The van der Waals surface area contributed by atoms with Gasteiger partial charge in [-0.15, -0.1) is 0 Å². The molecule has 1 aromatic carbocycles. The summed E-state index contributed by atoms with van der Waals surface area (Å²) in [5.74, 6) is 1.19. The molecule has 6 nitrogen and oxygen atoms in total. The van der Waals surface area contributed by atoms with Gasteiger partial charge in [0.25, 0.3) is 5.91 Å². The minimum Gasteiger partial charge on any atom is -0.440 e. The molecular weight excluding hydrogens is 498 g/mol. The highest BCUT2D eigenvalue weighted by Crippen LogP contribution is 2.34. The van der Waals surface area contributed by atoms with Crippen LogP contribution in [0.2, 0.25) is 0 Å². The van der Waals surface area contributed by atoms with Gasteiger partial charge in [-0.1, -0.05) is 15.9 Å². The Bertz CT molecular complexity index is 918. The van der Waals surface area contributed by atoms with Crippen LogP contribution in [0.15, 0.2) is 53.6 Å². The summed E-state index contributed by atoms with van der Waals surface area (Å²) in [6.45, 7) is 2.91. The Hall–Kier alpha value is -1.55. The molecule has 2 aromatic rings. The number of rotatable bonds is 3. The summed E-state index contributed by atoms with van der Waals surface area (Å²) in [7, 11) is 0. The monoisotopic (exact) mass is 511 g/mol. The van der Waals surface area contributed by atoms with Crippen molar-refractivity contribution in [3.05, 3.63) is 49.9 Å². The van der Waals surface area contributed by atoms with E-state index in [1.807, 2.05) is 30.3 Å². The van der Waals surface area contributed by atoms with Crippen LogP contribution in [-0.2, 0) is 9.53 Å². The number of anilines is 1. The number of hydrogen-bond donors (Lipinski definition) is 1. The Morgan fingerprint density at radius 3 is 2.67 bits per heavy atom. The van der Waals surface area contributed by atoms with Gasteiger partial charge in [0, 0.05) is 29.7 Å². The topological polar surface area (TPSA) is 67.1 Å². The molecule has 1 amide bonds. The van der Waals surface area contributed by atoms with Gasteiger partial charge in [-0.3, -0.25) is 4.79 Å². The maximum atomic E-state index is 12.3. The van der Waals surface area contributed by atoms with E-state index < -0.39 is 0 Å². The van der Waals surface area contributed by atoms with E-state index >= 15 is 0 Å². The first-order valence-corrected chi connectivity index (χ1v) is 10.7. The van der Waals surface area contributed by atoms with Gasteiger partial charge in [-0.25, -0.2) is 4.99 Å². The van der Waals surface area contributed by atoms with Crippen LogP contribution in [0.5, 0.6) is 0 Å². The van der Waals surface area contributed by atoms with Crippen LogP contribution in [0.3, 0.4) is 0 Å². The highest BCUT2D eigenvalue weighted by molar-refractivity contribution is 9.10. The molecular formula is C18H15Br2N3O3S. The highest BCUT2D eigenvalue weighted by Gasteiger charge is 2.25. The first-order chi connectivity index (χ1) is 13.1. The smallest absolute Gasteiger partial charge is 0.264 e. The summed E-state index contributed by atoms with van der Waals surface area (Å²) in [5.41, 5.74) is 0.776. The molecule has 4 rings (SSSR count). The molecule has 0 radical (unpaired) electrons. The number of benzene rings is 1. The van der Waals surface area contributed by atoms with Crippen LogP contribution in [0.4, 0.5) is 11.6 Å². The molecule has 9 heteroatoms. The molecule has 0 saturated carbocycles. The Balaban J connectivity index is 1.52. The Morgan fingerprint density at radius 1 is 1.19 bits per heavy atom. The van der Waals surface area contributed by atoms with Crippen LogP contribution in [0.25, 0.3) is 6.08 Å². The van der Waals surface area contributed by atoms with E-state index in [2.05, 4.69) is 47.1 Å². The third-order valence-electron chi connectivity index (χ3n) is 3.97. The average Bonchev–Trinajstić information content (AvgIpc) is 3.20. The van der Waals surface area contributed by atoms with Crippen molar-refractivity contribution in [3.63, 3.8) is 0 Å². The summed E-state index contributed by atoms with van der Waals surface area (Å²) >= 11 is 8.23. The molecule has 0 spiro atoms. The van der Waals surface area contributed by atoms with Crippen LogP contribution in [-0.4, -0.2) is 37.4 Å². The lowest BCUT2D eigenvalue weighted by atomic mass is 10.3. The molecule has 1 N–H and O–H groups in total. The molecule has 1 aromatic heterocycles. The summed E-state index contributed by atoms with van der Waals surface area (Å²) in [4.78, 5) is 19.4. The predicted octanol–water partition coefficient (Wildman–Crippen LogP) is 4.53. The van der Waals surface area contributed by atoms with Gasteiger partial charge < -0.3 is 19.4 Å². The van der Waals surface area contributed by atoms with Gasteiger partial charge in [-0.2, -0.15) is 0 Å². The van der Waals surface area contributed by atoms with E-state index in [-0.39, 0.29) is 5.91 Å². The van der Waals surface area contributed by atoms with Gasteiger partial charge in [0.1, 0.15) is 5.76 Å². The number of thioether (sulfide) groups is 1. The van der Waals surface area contributed by atoms with Crippen LogP contribution >= 0.6 is 43.6 Å². The summed E-state index contributed by atoms with van der Waals surface area (Å²) in [5, 5.41) is 3.33. The second kappa shape index (κ2) is 8.22. The molecule has 0 aliphatic carbocycles. The van der Waals surface area contributed by atoms with Crippen molar-refractivity contribution in [2.75, 3.05) is 31.2 Å². The van der Waals surface area contributed by atoms with E-state index in [9.17, 15) is 4.79 Å². The third kappa shape index (κ3) is 4.48. The molecule has 2 saturated heterocycles. The SMILES string of the molecule is O=C1NC(=Nc2ccc(Br)cc2)S/C1=C\c1cc(Br)c(N2CCOCC2)o1. The van der Waals surface area contributed by atoms with E-state index in [1.165, 1.54) is 11.8 Å². The first-order valence-electron chi connectivity index (χ1n) is 8.26. The fraction of sp³-hybridized carbons (Fsp3) is 0.222. The average molecular weight is 513 g/mol. The zero-order valence-electron chi connectivity index (χ0n) is 14.1. The first kappa shape index (κ1) is 18.8. The molecule has 3 heterocycles. The van der Waals surface area contributed by atoms with E-state index in [0.29, 0.717) is 29.0 Å². The van der Waals surface area contributed by atoms with Gasteiger partial charge in [0.2, 0.25) is 5.88 Å². The molecule has 27 heavy (non-hydrogen) atoms. The van der Waals surface area contributed by atoms with Crippen LogP contribution in [0.1, 0.15) is 5.76 Å². The largest absolute Gasteiger partial charge is 0.440 e. The van der Waals surface area contributed by atoms with Crippen molar-refractivity contribution >= 4 is 72.3 Å². The lowest BCUT2D eigenvalue weighted by Crippen LogP contribution is -2.36. The van der Waals surface area contributed by atoms with Crippen molar-refractivity contribution < 1.29 is 13.9 Å². The zero-order valence-corrected chi connectivity index (χ0v) is 18.1. The second-order valence-corrected chi connectivity index (χ2v) is 8.66. The number of halogens is 2. The molecule has 0 bridgehead atoms. The van der Waals surface area contributed by atoms with E-state index in [0.717, 1.165) is 33.6 Å². The maximum Gasteiger partial charge on any atom is 0.264 e. The quantitative estimate of drug-likeness (QED) is 0.612. The van der Waals surface area contributed by atoms with Crippen LogP contribution < -0.4 is 10.2 Å². The van der Waals surface area contributed by atoms with Crippen molar-refractivity contribution in [1.29, 1.82) is 0 Å². The molecule has 140 valence electrons. The normalized spacial score (nSPS) is 20.5. The van der Waals surface area contributed by atoms with Gasteiger partial charge in [-0.05, 0) is 52.0 Å². The van der Waals surface area contributed by atoms with Crippen molar-refractivity contribution in [2.24, 2.45) is 4.99 Å². The number of morpholine rings is 1. The number of amidine groups is 1. The Labute approximate surface area is 177 Å².